The van der Waals surface area contributed by atoms with Gasteiger partial charge in [0, 0.05) is 31.4 Å². The van der Waals surface area contributed by atoms with Gasteiger partial charge < -0.3 is 10.2 Å². The highest BCUT2D eigenvalue weighted by atomic mass is 15.2. The molecule has 1 aromatic heterocycles. The van der Waals surface area contributed by atoms with Crippen molar-refractivity contribution >= 4 is 5.82 Å². The molecule has 4 nitrogen and oxygen atoms in total. The molecule has 0 fully saturated rings. The predicted octanol–water partition coefficient (Wildman–Crippen LogP) is 2.07. The summed E-state index contributed by atoms with van der Waals surface area (Å²) in [6, 6.07) is 0. The van der Waals surface area contributed by atoms with Crippen molar-refractivity contribution in [1.82, 2.24) is 15.3 Å². The summed E-state index contributed by atoms with van der Waals surface area (Å²) >= 11 is 0. The van der Waals surface area contributed by atoms with E-state index in [9.17, 15) is 0 Å². The topological polar surface area (TPSA) is 41.1 Å². The second kappa shape index (κ2) is 7.61. The van der Waals surface area contributed by atoms with E-state index in [2.05, 4.69) is 40.3 Å². The molecule has 1 N–H and O–H groups in total. The molecular formula is C14H22N4. The molecule has 1 aromatic rings. The minimum atomic E-state index is 0.752. The van der Waals surface area contributed by atoms with E-state index in [1.165, 1.54) is 0 Å². The first-order chi connectivity index (χ1) is 8.72. The van der Waals surface area contributed by atoms with E-state index in [4.69, 9.17) is 0 Å². The Morgan fingerprint density at radius 2 is 2.00 bits per heavy atom. The zero-order valence-corrected chi connectivity index (χ0v) is 11.3. The SMILES string of the molecule is C=CCN(CC=C)c1nc(C)ncc1CNCC. The van der Waals surface area contributed by atoms with E-state index < -0.39 is 0 Å². The van der Waals surface area contributed by atoms with Crippen LogP contribution >= 0.6 is 0 Å². The Morgan fingerprint density at radius 1 is 1.33 bits per heavy atom. The van der Waals surface area contributed by atoms with Gasteiger partial charge in [-0.15, -0.1) is 13.2 Å². The van der Waals surface area contributed by atoms with Crippen LogP contribution < -0.4 is 10.2 Å². The molecule has 0 radical (unpaired) electrons. The normalized spacial score (nSPS) is 10.1. The number of aryl methyl sites for hydroxylation is 1. The van der Waals surface area contributed by atoms with E-state index >= 15 is 0 Å². The first-order valence-electron chi connectivity index (χ1n) is 6.22. The van der Waals surface area contributed by atoms with Gasteiger partial charge in [0.1, 0.15) is 11.6 Å². The van der Waals surface area contributed by atoms with Gasteiger partial charge in [0.05, 0.1) is 0 Å². The summed E-state index contributed by atoms with van der Waals surface area (Å²) in [6.07, 6.45) is 5.63. The van der Waals surface area contributed by atoms with Gasteiger partial charge in [0.15, 0.2) is 0 Å². The third-order valence-corrected chi connectivity index (χ3v) is 2.53. The third kappa shape index (κ3) is 3.96. The van der Waals surface area contributed by atoms with Crippen LogP contribution in [0.5, 0.6) is 0 Å². The lowest BCUT2D eigenvalue weighted by Crippen LogP contribution is -2.27. The molecule has 1 rings (SSSR count). The molecule has 98 valence electrons. The lowest BCUT2D eigenvalue weighted by Gasteiger charge is -2.23. The molecule has 0 bridgehead atoms. The standard InChI is InChI=1S/C14H22N4/c1-5-8-18(9-6-2)14-13(10-15-7-3)11-16-12(4)17-14/h5-6,11,15H,1-2,7-10H2,3-4H3. The van der Waals surface area contributed by atoms with Crippen LogP contribution in [-0.4, -0.2) is 29.6 Å². The maximum absolute atomic E-state index is 4.54. The number of nitrogens with zero attached hydrogens (tertiary/aromatic N) is 3. The molecule has 18 heavy (non-hydrogen) atoms. The second-order valence-corrected chi connectivity index (χ2v) is 4.03. The second-order valence-electron chi connectivity index (χ2n) is 4.03. The molecule has 0 atom stereocenters. The Bertz CT molecular complexity index is 391. The van der Waals surface area contributed by atoms with E-state index in [1.807, 2.05) is 25.3 Å². The van der Waals surface area contributed by atoms with E-state index in [0.717, 1.165) is 43.4 Å². The monoisotopic (exact) mass is 246 g/mol. The van der Waals surface area contributed by atoms with Crippen LogP contribution in [0.25, 0.3) is 0 Å². The number of anilines is 1. The minimum absolute atomic E-state index is 0.752. The van der Waals surface area contributed by atoms with Crippen molar-refractivity contribution in [3.05, 3.63) is 42.9 Å². The Labute approximate surface area is 109 Å². The molecule has 4 heteroatoms. The Kier molecular flexibility index (Phi) is 6.08. The smallest absolute Gasteiger partial charge is 0.137 e. The summed E-state index contributed by atoms with van der Waals surface area (Å²) in [7, 11) is 0. The fourth-order valence-electron chi connectivity index (χ4n) is 1.70. The van der Waals surface area contributed by atoms with Crippen LogP contribution in [-0.2, 0) is 6.54 Å². The van der Waals surface area contributed by atoms with Crippen molar-refractivity contribution in [3.63, 3.8) is 0 Å². The predicted molar refractivity (Wildman–Crippen MR) is 76.8 cm³/mol. The van der Waals surface area contributed by atoms with Crippen LogP contribution in [0.3, 0.4) is 0 Å². The highest BCUT2D eigenvalue weighted by molar-refractivity contribution is 5.47. The Balaban J connectivity index is 3.03. The summed E-state index contributed by atoms with van der Waals surface area (Å²) in [5.41, 5.74) is 1.10. The van der Waals surface area contributed by atoms with Crippen LogP contribution in [0.2, 0.25) is 0 Å². The van der Waals surface area contributed by atoms with Gasteiger partial charge in [-0.3, -0.25) is 0 Å². The van der Waals surface area contributed by atoms with Crippen LogP contribution in [0.15, 0.2) is 31.5 Å². The van der Waals surface area contributed by atoms with Gasteiger partial charge in [-0.1, -0.05) is 19.1 Å². The van der Waals surface area contributed by atoms with E-state index in [0.29, 0.717) is 0 Å². The maximum atomic E-state index is 4.54. The molecule has 0 unspecified atom stereocenters. The fourth-order valence-corrected chi connectivity index (χ4v) is 1.70. The van der Waals surface area contributed by atoms with Gasteiger partial charge in [-0.05, 0) is 13.5 Å². The van der Waals surface area contributed by atoms with Crippen molar-refractivity contribution in [1.29, 1.82) is 0 Å². The average molecular weight is 246 g/mol. The molecule has 1 heterocycles. The highest BCUT2D eigenvalue weighted by Gasteiger charge is 2.11. The van der Waals surface area contributed by atoms with Crippen molar-refractivity contribution < 1.29 is 0 Å². The molecule has 0 aliphatic heterocycles. The van der Waals surface area contributed by atoms with Crippen molar-refractivity contribution in [2.24, 2.45) is 0 Å². The molecule has 0 aromatic carbocycles. The van der Waals surface area contributed by atoms with Crippen molar-refractivity contribution in [2.45, 2.75) is 20.4 Å². The van der Waals surface area contributed by atoms with Crippen LogP contribution in [0.4, 0.5) is 5.82 Å². The molecular weight excluding hydrogens is 224 g/mol. The van der Waals surface area contributed by atoms with E-state index in [1.54, 1.807) is 0 Å². The van der Waals surface area contributed by atoms with Gasteiger partial charge in [-0.25, -0.2) is 9.97 Å². The summed E-state index contributed by atoms with van der Waals surface area (Å²) < 4.78 is 0. The summed E-state index contributed by atoms with van der Waals surface area (Å²) in [5.74, 6) is 1.74. The third-order valence-electron chi connectivity index (χ3n) is 2.53. The average Bonchev–Trinajstić information content (AvgIpc) is 2.37. The van der Waals surface area contributed by atoms with Gasteiger partial charge >= 0.3 is 0 Å². The number of nitrogens with one attached hydrogen (secondary N) is 1. The summed E-state index contributed by atoms with van der Waals surface area (Å²) in [5, 5.41) is 3.31. The van der Waals surface area contributed by atoms with Gasteiger partial charge in [0.2, 0.25) is 0 Å². The van der Waals surface area contributed by atoms with Gasteiger partial charge in [0.25, 0.3) is 0 Å². The molecule has 0 amide bonds. The van der Waals surface area contributed by atoms with Crippen molar-refractivity contribution in [3.8, 4) is 0 Å². The van der Waals surface area contributed by atoms with Crippen LogP contribution in [0, 0.1) is 6.92 Å². The summed E-state index contributed by atoms with van der Waals surface area (Å²) in [6.45, 7) is 14.8. The maximum Gasteiger partial charge on any atom is 0.137 e. The lowest BCUT2D eigenvalue weighted by molar-refractivity contribution is 0.714. The quantitative estimate of drug-likeness (QED) is 0.713. The number of rotatable bonds is 8. The number of aromatic nitrogens is 2. The fraction of sp³-hybridized carbons (Fsp3) is 0.429. The van der Waals surface area contributed by atoms with Gasteiger partial charge in [-0.2, -0.15) is 0 Å². The molecule has 0 aliphatic rings. The molecule has 0 saturated carbocycles. The minimum Gasteiger partial charge on any atom is -0.349 e. The zero-order valence-electron chi connectivity index (χ0n) is 11.3. The van der Waals surface area contributed by atoms with Crippen molar-refractivity contribution in [2.75, 3.05) is 24.5 Å². The molecule has 0 aliphatic carbocycles. The molecule has 0 spiro atoms. The highest BCUT2D eigenvalue weighted by Crippen LogP contribution is 2.17. The first kappa shape index (κ1) is 14.4. The lowest BCUT2D eigenvalue weighted by atomic mass is 10.2. The molecule has 0 saturated heterocycles. The zero-order chi connectivity index (χ0) is 13.4. The number of hydrogen-bond donors (Lipinski definition) is 1. The Hall–Kier alpha value is -1.68. The number of hydrogen-bond acceptors (Lipinski definition) is 4. The van der Waals surface area contributed by atoms with Crippen LogP contribution in [0.1, 0.15) is 18.3 Å². The largest absolute Gasteiger partial charge is 0.349 e. The Morgan fingerprint density at radius 3 is 2.56 bits per heavy atom. The first-order valence-corrected chi connectivity index (χ1v) is 6.22. The van der Waals surface area contributed by atoms with E-state index in [-0.39, 0.29) is 0 Å². The summed E-state index contributed by atoms with van der Waals surface area (Å²) in [4.78, 5) is 10.9.